The molecule has 10 nitrogen and oxygen atoms in total. The number of carboxylic acids is 1. The van der Waals surface area contributed by atoms with Crippen molar-refractivity contribution in [2.75, 3.05) is 10.8 Å². The van der Waals surface area contributed by atoms with Crippen LogP contribution in [0, 0.1) is 0 Å². The summed E-state index contributed by atoms with van der Waals surface area (Å²) in [5.41, 5.74) is 0.911. The van der Waals surface area contributed by atoms with Gasteiger partial charge in [-0.25, -0.2) is 13.8 Å². The fraction of sp³-hybridized carbons (Fsp3) is 0.150. The summed E-state index contributed by atoms with van der Waals surface area (Å²) in [6.07, 6.45) is 1.21. The van der Waals surface area contributed by atoms with Crippen LogP contribution in [-0.2, 0) is 31.2 Å². The number of anilines is 1. The second-order valence-corrected chi connectivity index (χ2v) is 8.18. The number of amides is 2. The van der Waals surface area contributed by atoms with Crippen molar-refractivity contribution in [1.29, 1.82) is 0 Å². The monoisotopic (exact) mass is 445 g/mol. The van der Waals surface area contributed by atoms with E-state index in [4.69, 9.17) is 4.74 Å². The lowest BCUT2D eigenvalue weighted by atomic mass is 10.1. The van der Waals surface area contributed by atoms with Gasteiger partial charge in [0.25, 0.3) is 5.91 Å². The van der Waals surface area contributed by atoms with E-state index in [1.165, 1.54) is 31.2 Å². The summed E-state index contributed by atoms with van der Waals surface area (Å²) in [4.78, 5) is 34.3. The van der Waals surface area contributed by atoms with Crippen molar-refractivity contribution >= 4 is 39.8 Å². The highest BCUT2D eigenvalue weighted by Gasteiger charge is 2.35. The van der Waals surface area contributed by atoms with Crippen molar-refractivity contribution in [3.8, 4) is 5.75 Å². The van der Waals surface area contributed by atoms with Crippen molar-refractivity contribution in [2.24, 2.45) is 0 Å². The Hall–Kier alpha value is -3.86. The smallest absolute Gasteiger partial charge is 0.352 e. The third-order valence-electron chi connectivity index (χ3n) is 4.16. The third-order valence-corrected chi connectivity index (χ3v) is 5.55. The molecular weight excluding hydrogens is 426 g/mol. The second-order valence-electron chi connectivity index (χ2n) is 6.58. The summed E-state index contributed by atoms with van der Waals surface area (Å²) in [6.45, 7) is 0.871. The van der Waals surface area contributed by atoms with Crippen LogP contribution in [0.2, 0.25) is 0 Å². The molecular formula is C20H19N3O7S. The van der Waals surface area contributed by atoms with E-state index in [0.29, 0.717) is 5.56 Å². The maximum Gasteiger partial charge on any atom is 0.352 e. The molecule has 2 amide bonds. The molecule has 0 atom stereocenters. The minimum absolute atomic E-state index is 0.105. The van der Waals surface area contributed by atoms with E-state index in [-0.39, 0.29) is 23.7 Å². The molecule has 3 rings (SSSR count). The minimum atomic E-state index is -4.07. The zero-order chi connectivity index (χ0) is 22.6. The summed E-state index contributed by atoms with van der Waals surface area (Å²) in [7, 11) is -4.07. The van der Waals surface area contributed by atoms with E-state index >= 15 is 0 Å². The van der Waals surface area contributed by atoms with Gasteiger partial charge in [0.05, 0.1) is 5.69 Å². The molecule has 3 N–H and O–H groups in total. The molecule has 0 unspecified atom stereocenters. The summed E-state index contributed by atoms with van der Waals surface area (Å²) in [6, 6.07) is 13.4. The molecule has 0 aliphatic carbocycles. The summed E-state index contributed by atoms with van der Waals surface area (Å²) in [5, 5.41) is 11.5. The Balaban J connectivity index is 2.01. The van der Waals surface area contributed by atoms with E-state index in [9.17, 15) is 27.9 Å². The van der Waals surface area contributed by atoms with Crippen LogP contribution in [0.15, 0.2) is 54.2 Å². The molecule has 0 saturated carbocycles. The van der Waals surface area contributed by atoms with Gasteiger partial charge >= 0.3 is 16.2 Å². The largest absolute Gasteiger partial charge is 0.487 e. The zero-order valence-corrected chi connectivity index (χ0v) is 17.2. The molecule has 1 saturated heterocycles. The SMILES string of the molecule is CC(=O)N/C(=C\c1ccc(N2CC(=O)NS2(=O)=O)c(OCc2ccccc2)c1)C(=O)O. The van der Waals surface area contributed by atoms with Crippen molar-refractivity contribution in [3.63, 3.8) is 0 Å². The molecule has 2 aromatic carbocycles. The summed E-state index contributed by atoms with van der Waals surface area (Å²) < 4.78 is 33.1. The average Bonchev–Trinajstić information content (AvgIpc) is 2.98. The van der Waals surface area contributed by atoms with Gasteiger partial charge in [-0.3, -0.25) is 9.59 Å². The van der Waals surface area contributed by atoms with Crippen molar-refractivity contribution in [2.45, 2.75) is 13.5 Å². The fourth-order valence-corrected chi connectivity index (χ4v) is 4.01. The molecule has 162 valence electrons. The Kier molecular flexibility index (Phi) is 6.25. The Morgan fingerprint density at radius 2 is 1.94 bits per heavy atom. The number of benzene rings is 2. The highest BCUT2D eigenvalue weighted by atomic mass is 32.2. The zero-order valence-electron chi connectivity index (χ0n) is 16.4. The first-order valence-electron chi connectivity index (χ1n) is 9.02. The van der Waals surface area contributed by atoms with Gasteiger partial charge in [-0.05, 0) is 29.3 Å². The van der Waals surface area contributed by atoms with Crippen molar-refractivity contribution in [3.05, 3.63) is 65.4 Å². The van der Waals surface area contributed by atoms with E-state index < -0.39 is 34.5 Å². The topological polar surface area (TPSA) is 142 Å². The molecule has 0 bridgehead atoms. The number of aliphatic carboxylic acids is 1. The third kappa shape index (κ3) is 5.39. The maximum atomic E-state index is 12.3. The van der Waals surface area contributed by atoms with Gasteiger partial charge in [-0.1, -0.05) is 36.4 Å². The molecule has 0 spiro atoms. The number of hydrogen-bond acceptors (Lipinski definition) is 6. The van der Waals surface area contributed by atoms with Crippen LogP contribution in [0.3, 0.4) is 0 Å². The standard InChI is InChI=1S/C20H19N3O7S/c1-13(24)21-16(20(26)27)9-15-7-8-17(23-11-19(25)22-31(23,28)29)18(10-15)30-12-14-5-3-2-4-6-14/h2-10H,11-12H2,1H3,(H,21,24)(H,22,25)(H,26,27)/b16-9-. The van der Waals surface area contributed by atoms with Gasteiger partial charge in [0.1, 0.15) is 24.6 Å². The van der Waals surface area contributed by atoms with Gasteiger partial charge < -0.3 is 15.2 Å². The Morgan fingerprint density at radius 1 is 1.23 bits per heavy atom. The van der Waals surface area contributed by atoms with Crippen LogP contribution >= 0.6 is 0 Å². The first-order valence-corrected chi connectivity index (χ1v) is 10.5. The van der Waals surface area contributed by atoms with Crippen LogP contribution < -0.4 is 19.1 Å². The number of hydrogen-bond donors (Lipinski definition) is 3. The summed E-state index contributed by atoms with van der Waals surface area (Å²) >= 11 is 0. The number of nitrogens with one attached hydrogen (secondary N) is 2. The van der Waals surface area contributed by atoms with Crippen molar-refractivity contribution < 1.29 is 32.6 Å². The average molecular weight is 445 g/mol. The molecule has 0 radical (unpaired) electrons. The van der Waals surface area contributed by atoms with E-state index in [1.54, 1.807) is 0 Å². The number of rotatable bonds is 7. The second kappa shape index (κ2) is 8.88. The van der Waals surface area contributed by atoms with Gasteiger partial charge in [0, 0.05) is 6.92 Å². The fourth-order valence-electron chi connectivity index (χ4n) is 2.85. The molecule has 11 heteroatoms. The van der Waals surface area contributed by atoms with Crippen LogP contribution in [-0.4, -0.2) is 37.9 Å². The summed E-state index contributed by atoms with van der Waals surface area (Å²) in [5.74, 6) is -2.47. The molecule has 0 aromatic heterocycles. The first-order chi connectivity index (χ1) is 14.7. The molecule has 1 aliphatic heterocycles. The van der Waals surface area contributed by atoms with Crippen LogP contribution in [0.1, 0.15) is 18.1 Å². The molecule has 31 heavy (non-hydrogen) atoms. The van der Waals surface area contributed by atoms with E-state index in [0.717, 1.165) is 9.87 Å². The quantitative estimate of drug-likeness (QED) is 0.540. The predicted molar refractivity (Wildman–Crippen MR) is 111 cm³/mol. The Morgan fingerprint density at radius 3 is 2.52 bits per heavy atom. The number of nitrogens with zero attached hydrogens (tertiary/aromatic N) is 1. The predicted octanol–water partition coefficient (Wildman–Crippen LogP) is 1.01. The molecule has 1 aliphatic rings. The number of carbonyl (C=O) groups excluding carboxylic acids is 2. The lowest BCUT2D eigenvalue weighted by Gasteiger charge is -2.19. The van der Waals surface area contributed by atoms with E-state index in [2.05, 4.69) is 5.32 Å². The highest BCUT2D eigenvalue weighted by Crippen LogP contribution is 2.33. The normalized spacial score (nSPS) is 15.3. The highest BCUT2D eigenvalue weighted by molar-refractivity contribution is 7.92. The van der Waals surface area contributed by atoms with Crippen molar-refractivity contribution in [1.82, 2.24) is 10.0 Å². The Bertz CT molecular complexity index is 1160. The molecule has 1 heterocycles. The van der Waals surface area contributed by atoms with Gasteiger partial charge in [-0.15, -0.1) is 0 Å². The minimum Gasteiger partial charge on any atom is -0.487 e. The Labute approximate surface area is 178 Å². The van der Waals surface area contributed by atoms with Gasteiger partial charge in [-0.2, -0.15) is 8.42 Å². The molecule has 1 fully saturated rings. The number of carbonyl (C=O) groups is 3. The van der Waals surface area contributed by atoms with Crippen LogP contribution in [0.5, 0.6) is 5.75 Å². The van der Waals surface area contributed by atoms with E-state index in [1.807, 2.05) is 35.1 Å². The first kappa shape index (κ1) is 21.8. The van der Waals surface area contributed by atoms with Crippen LogP contribution in [0.25, 0.3) is 6.08 Å². The number of carboxylic acid groups (broad SMARTS) is 1. The maximum absolute atomic E-state index is 12.3. The lowest BCUT2D eigenvalue weighted by Crippen LogP contribution is -2.29. The molecule has 2 aromatic rings. The van der Waals surface area contributed by atoms with Crippen LogP contribution in [0.4, 0.5) is 5.69 Å². The lowest BCUT2D eigenvalue weighted by molar-refractivity contribution is -0.134. The van der Waals surface area contributed by atoms with Gasteiger partial charge in [0.2, 0.25) is 5.91 Å². The number of ether oxygens (including phenoxy) is 1. The van der Waals surface area contributed by atoms with Gasteiger partial charge in [0.15, 0.2) is 0 Å².